The first-order valence-electron chi connectivity index (χ1n) is 7.51. The Kier molecular flexibility index (Phi) is 3.92. The number of benzene rings is 2. The maximum absolute atomic E-state index is 12.6. The number of nitrogens with zero attached hydrogens (tertiary/aromatic N) is 1. The van der Waals surface area contributed by atoms with Gasteiger partial charge in [0.05, 0.1) is 5.39 Å². The molecule has 24 heavy (non-hydrogen) atoms. The number of aromatic amines is 1. The molecular weight excluding hydrogens is 340 g/mol. The molecule has 0 amide bonds. The van der Waals surface area contributed by atoms with E-state index in [4.69, 9.17) is 11.6 Å². The number of rotatable bonds is 3. The van der Waals surface area contributed by atoms with Crippen LogP contribution < -0.4 is 5.56 Å². The van der Waals surface area contributed by atoms with Crippen LogP contribution in [0.3, 0.4) is 0 Å². The molecule has 0 radical (unpaired) electrons. The van der Waals surface area contributed by atoms with Gasteiger partial charge in [-0.25, -0.2) is 4.98 Å². The second-order valence-corrected chi connectivity index (χ2v) is 6.81. The molecule has 5 heteroatoms. The Balaban J connectivity index is 1.78. The molecule has 0 spiro atoms. The van der Waals surface area contributed by atoms with Gasteiger partial charge in [0.2, 0.25) is 0 Å². The third-order valence-electron chi connectivity index (χ3n) is 3.84. The van der Waals surface area contributed by atoms with Crippen molar-refractivity contribution in [1.29, 1.82) is 0 Å². The molecular formula is C19H13ClN2OS. The van der Waals surface area contributed by atoms with Gasteiger partial charge in [0.15, 0.2) is 0 Å². The summed E-state index contributed by atoms with van der Waals surface area (Å²) in [7, 11) is 0. The van der Waals surface area contributed by atoms with Gasteiger partial charge in [-0.1, -0.05) is 54.1 Å². The Morgan fingerprint density at radius 2 is 1.92 bits per heavy atom. The average molecular weight is 353 g/mol. The summed E-state index contributed by atoms with van der Waals surface area (Å²) < 4.78 is 0. The van der Waals surface area contributed by atoms with E-state index in [-0.39, 0.29) is 5.56 Å². The van der Waals surface area contributed by atoms with Gasteiger partial charge >= 0.3 is 0 Å². The third kappa shape index (κ3) is 2.86. The quantitative estimate of drug-likeness (QED) is 0.570. The molecule has 2 heterocycles. The summed E-state index contributed by atoms with van der Waals surface area (Å²) in [5.74, 6) is 0.649. The van der Waals surface area contributed by atoms with Crippen molar-refractivity contribution in [3.8, 4) is 11.1 Å². The second kappa shape index (κ2) is 6.23. The number of nitrogens with one attached hydrogen (secondary N) is 1. The van der Waals surface area contributed by atoms with Gasteiger partial charge < -0.3 is 4.98 Å². The van der Waals surface area contributed by atoms with E-state index in [1.807, 2.05) is 60.0 Å². The highest BCUT2D eigenvalue weighted by atomic mass is 35.5. The van der Waals surface area contributed by atoms with Gasteiger partial charge in [0.25, 0.3) is 5.56 Å². The van der Waals surface area contributed by atoms with Crippen LogP contribution in [0.15, 0.2) is 64.8 Å². The molecule has 4 rings (SSSR count). The summed E-state index contributed by atoms with van der Waals surface area (Å²) in [5.41, 5.74) is 2.87. The Morgan fingerprint density at radius 1 is 1.08 bits per heavy atom. The van der Waals surface area contributed by atoms with Crippen LogP contribution in [0.1, 0.15) is 11.4 Å². The molecule has 3 nitrogen and oxygen atoms in total. The molecule has 0 aliphatic carbocycles. The smallest absolute Gasteiger partial charge is 0.260 e. The number of hydrogen-bond donors (Lipinski definition) is 1. The number of H-pyrrole nitrogens is 1. The molecule has 0 aliphatic rings. The van der Waals surface area contributed by atoms with Crippen LogP contribution in [0.2, 0.25) is 5.02 Å². The topological polar surface area (TPSA) is 45.8 Å². The van der Waals surface area contributed by atoms with Gasteiger partial charge in [0.1, 0.15) is 10.7 Å². The standard InChI is InChI=1S/C19H13ClN2OS/c20-14-8-4-5-12(9-14)10-16-21-18(23)17-15(11-24-19(17)22-16)13-6-2-1-3-7-13/h1-9,11H,10H2,(H,21,22,23). The fourth-order valence-electron chi connectivity index (χ4n) is 2.75. The maximum atomic E-state index is 12.6. The van der Waals surface area contributed by atoms with E-state index in [2.05, 4.69) is 9.97 Å². The molecule has 2 aromatic carbocycles. The zero-order chi connectivity index (χ0) is 16.5. The predicted molar refractivity (Wildman–Crippen MR) is 99.9 cm³/mol. The number of thiophene rings is 1. The Labute approximate surface area is 147 Å². The molecule has 0 saturated heterocycles. The minimum absolute atomic E-state index is 0.0999. The fraction of sp³-hybridized carbons (Fsp3) is 0.0526. The molecule has 0 aliphatic heterocycles. The molecule has 1 N–H and O–H groups in total. The van der Waals surface area contributed by atoms with Crippen LogP contribution in [0.25, 0.3) is 21.3 Å². The van der Waals surface area contributed by atoms with Crippen molar-refractivity contribution in [2.24, 2.45) is 0 Å². The number of hydrogen-bond acceptors (Lipinski definition) is 3. The molecule has 0 fully saturated rings. The maximum Gasteiger partial charge on any atom is 0.260 e. The van der Waals surface area contributed by atoms with Gasteiger partial charge in [-0.05, 0) is 23.3 Å². The lowest BCUT2D eigenvalue weighted by Crippen LogP contribution is -2.11. The first kappa shape index (κ1) is 15.1. The first-order chi connectivity index (χ1) is 11.7. The largest absolute Gasteiger partial charge is 0.310 e. The molecule has 0 saturated carbocycles. The van der Waals surface area contributed by atoms with E-state index in [0.29, 0.717) is 22.7 Å². The minimum atomic E-state index is -0.0999. The van der Waals surface area contributed by atoms with Crippen molar-refractivity contribution in [3.63, 3.8) is 0 Å². The molecule has 0 unspecified atom stereocenters. The Bertz CT molecular complexity index is 1070. The minimum Gasteiger partial charge on any atom is -0.310 e. The van der Waals surface area contributed by atoms with Gasteiger partial charge in [-0.2, -0.15) is 0 Å². The zero-order valence-electron chi connectivity index (χ0n) is 12.6. The highest BCUT2D eigenvalue weighted by molar-refractivity contribution is 7.17. The van der Waals surface area contributed by atoms with Crippen molar-refractivity contribution < 1.29 is 0 Å². The van der Waals surface area contributed by atoms with E-state index < -0.39 is 0 Å². The van der Waals surface area contributed by atoms with E-state index in [1.165, 1.54) is 11.3 Å². The normalized spacial score (nSPS) is 11.0. The van der Waals surface area contributed by atoms with E-state index >= 15 is 0 Å². The van der Waals surface area contributed by atoms with E-state index in [9.17, 15) is 4.79 Å². The molecule has 2 aromatic heterocycles. The summed E-state index contributed by atoms with van der Waals surface area (Å²) in [6.07, 6.45) is 0.546. The second-order valence-electron chi connectivity index (χ2n) is 5.51. The van der Waals surface area contributed by atoms with Crippen molar-refractivity contribution in [2.45, 2.75) is 6.42 Å². The molecule has 118 valence electrons. The van der Waals surface area contributed by atoms with Crippen LogP contribution in [-0.2, 0) is 6.42 Å². The van der Waals surface area contributed by atoms with Crippen molar-refractivity contribution in [2.75, 3.05) is 0 Å². The summed E-state index contributed by atoms with van der Waals surface area (Å²) in [5, 5.41) is 3.32. The van der Waals surface area contributed by atoms with Crippen LogP contribution in [0, 0.1) is 0 Å². The van der Waals surface area contributed by atoms with Crippen LogP contribution in [0.5, 0.6) is 0 Å². The van der Waals surface area contributed by atoms with Gasteiger partial charge in [-0.3, -0.25) is 4.79 Å². The fourth-order valence-corrected chi connectivity index (χ4v) is 3.93. The highest BCUT2D eigenvalue weighted by Crippen LogP contribution is 2.30. The summed E-state index contributed by atoms with van der Waals surface area (Å²) >= 11 is 7.51. The van der Waals surface area contributed by atoms with Gasteiger partial charge in [0, 0.05) is 22.4 Å². The average Bonchev–Trinajstić information content (AvgIpc) is 3.00. The molecule has 4 aromatic rings. The summed E-state index contributed by atoms with van der Waals surface area (Å²) in [6, 6.07) is 17.5. The third-order valence-corrected chi connectivity index (χ3v) is 4.95. The van der Waals surface area contributed by atoms with Crippen LogP contribution >= 0.6 is 22.9 Å². The highest BCUT2D eigenvalue weighted by Gasteiger charge is 2.13. The zero-order valence-corrected chi connectivity index (χ0v) is 14.2. The predicted octanol–water partition coefficient (Wildman–Crippen LogP) is 4.90. The number of aromatic nitrogens is 2. The summed E-state index contributed by atoms with van der Waals surface area (Å²) in [4.78, 5) is 20.9. The van der Waals surface area contributed by atoms with Crippen LogP contribution in [0.4, 0.5) is 0 Å². The van der Waals surface area contributed by atoms with Gasteiger partial charge in [-0.15, -0.1) is 11.3 Å². The lowest BCUT2D eigenvalue weighted by atomic mass is 10.1. The van der Waals surface area contributed by atoms with Crippen molar-refractivity contribution in [3.05, 3.63) is 86.7 Å². The summed E-state index contributed by atoms with van der Waals surface area (Å²) in [6.45, 7) is 0. The number of halogens is 1. The lowest BCUT2D eigenvalue weighted by molar-refractivity contribution is 0.977. The first-order valence-corrected chi connectivity index (χ1v) is 8.77. The Hall–Kier alpha value is -2.43. The van der Waals surface area contributed by atoms with Crippen LogP contribution in [-0.4, -0.2) is 9.97 Å². The van der Waals surface area contributed by atoms with E-state index in [0.717, 1.165) is 21.5 Å². The number of fused-ring (bicyclic) bond motifs is 1. The van der Waals surface area contributed by atoms with Crippen molar-refractivity contribution >= 4 is 33.2 Å². The molecule has 0 bridgehead atoms. The molecule has 0 atom stereocenters. The Morgan fingerprint density at radius 3 is 2.71 bits per heavy atom. The lowest BCUT2D eigenvalue weighted by Gasteiger charge is -2.03. The monoisotopic (exact) mass is 352 g/mol. The van der Waals surface area contributed by atoms with E-state index in [1.54, 1.807) is 0 Å². The SMILES string of the molecule is O=c1[nH]c(Cc2cccc(Cl)c2)nc2scc(-c3ccccc3)c12. The van der Waals surface area contributed by atoms with Crippen molar-refractivity contribution in [1.82, 2.24) is 9.97 Å².